The van der Waals surface area contributed by atoms with Gasteiger partial charge in [0.15, 0.2) is 0 Å². The molecule has 0 aliphatic heterocycles. The van der Waals surface area contributed by atoms with Gasteiger partial charge in [-0.15, -0.1) is 0 Å². The van der Waals surface area contributed by atoms with E-state index >= 15 is 0 Å². The van der Waals surface area contributed by atoms with Crippen molar-refractivity contribution in [3.63, 3.8) is 0 Å². The number of ether oxygens (including phenoxy) is 1. The fourth-order valence-electron chi connectivity index (χ4n) is 0.817. The van der Waals surface area contributed by atoms with Crippen LogP contribution >= 0.6 is 0 Å². The van der Waals surface area contributed by atoms with Crippen molar-refractivity contribution in [1.82, 2.24) is 4.98 Å². The molecule has 1 aromatic heterocycles. The van der Waals surface area contributed by atoms with Gasteiger partial charge in [-0.1, -0.05) is 5.92 Å². The summed E-state index contributed by atoms with van der Waals surface area (Å²) in [7, 11) is 1.26. The molecule has 0 saturated heterocycles. The highest BCUT2D eigenvalue weighted by Crippen LogP contribution is 2.00. The first-order valence-electron chi connectivity index (χ1n) is 3.91. The molecule has 0 aliphatic carbocycles. The van der Waals surface area contributed by atoms with Gasteiger partial charge in [-0.25, -0.2) is 4.79 Å². The SMILES string of the molecule is COC(=O)C#Cc1cncc(CO)c1. The number of pyridine rings is 1. The van der Waals surface area contributed by atoms with E-state index in [1.165, 1.54) is 19.5 Å². The summed E-state index contributed by atoms with van der Waals surface area (Å²) in [6, 6.07) is 1.66. The van der Waals surface area contributed by atoms with Crippen molar-refractivity contribution in [3.05, 3.63) is 29.6 Å². The lowest BCUT2D eigenvalue weighted by Gasteiger charge is -1.94. The normalized spacial score (nSPS) is 8.71. The van der Waals surface area contributed by atoms with Gasteiger partial charge >= 0.3 is 5.97 Å². The third kappa shape index (κ3) is 2.88. The standard InChI is InChI=1S/C10H9NO3/c1-14-10(13)3-2-8-4-9(7-12)6-11-5-8/h4-6,12H,7H2,1H3. The topological polar surface area (TPSA) is 59.4 Å². The molecule has 72 valence electrons. The maximum Gasteiger partial charge on any atom is 0.384 e. The fourth-order valence-corrected chi connectivity index (χ4v) is 0.817. The Morgan fingerprint density at radius 3 is 3.07 bits per heavy atom. The first-order valence-corrected chi connectivity index (χ1v) is 3.91. The fraction of sp³-hybridized carbons (Fsp3) is 0.200. The first kappa shape index (κ1) is 10.2. The van der Waals surface area contributed by atoms with E-state index in [9.17, 15) is 4.79 Å². The molecular formula is C10H9NO3. The number of hydrogen-bond donors (Lipinski definition) is 1. The van der Waals surface area contributed by atoms with Crippen LogP contribution in [0.4, 0.5) is 0 Å². The van der Waals surface area contributed by atoms with Gasteiger partial charge in [-0.05, 0) is 11.6 Å². The number of carbonyl (C=O) groups is 1. The lowest BCUT2D eigenvalue weighted by molar-refractivity contribution is -0.133. The highest BCUT2D eigenvalue weighted by atomic mass is 16.5. The van der Waals surface area contributed by atoms with Gasteiger partial charge in [0.25, 0.3) is 0 Å². The highest BCUT2D eigenvalue weighted by molar-refractivity contribution is 5.88. The second kappa shape index (κ2) is 5.00. The molecule has 14 heavy (non-hydrogen) atoms. The number of hydrogen-bond acceptors (Lipinski definition) is 4. The Morgan fingerprint density at radius 1 is 1.64 bits per heavy atom. The van der Waals surface area contributed by atoms with Crippen LogP contribution in [-0.2, 0) is 16.1 Å². The summed E-state index contributed by atoms with van der Waals surface area (Å²) < 4.78 is 4.35. The minimum absolute atomic E-state index is 0.0965. The van der Waals surface area contributed by atoms with Gasteiger partial charge < -0.3 is 9.84 Å². The van der Waals surface area contributed by atoms with Crippen LogP contribution in [0.5, 0.6) is 0 Å². The number of rotatable bonds is 1. The molecule has 0 aliphatic rings. The Morgan fingerprint density at radius 2 is 2.43 bits per heavy atom. The lowest BCUT2D eigenvalue weighted by atomic mass is 10.2. The third-order valence-electron chi connectivity index (χ3n) is 1.47. The zero-order valence-corrected chi connectivity index (χ0v) is 7.65. The van der Waals surface area contributed by atoms with Gasteiger partial charge in [0.2, 0.25) is 0 Å². The second-order valence-corrected chi connectivity index (χ2v) is 2.48. The summed E-state index contributed by atoms with van der Waals surface area (Å²) in [5, 5.41) is 8.81. The maximum absolute atomic E-state index is 10.7. The molecule has 0 aromatic carbocycles. The molecule has 4 heteroatoms. The Bertz CT molecular complexity index is 390. The average Bonchev–Trinajstić information content (AvgIpc) is 2.26. The molecule has 1 aromatic rings. The summed E-state index contributed by atoms with van der Waals surface area (Å²) in [4.78, 5) is 14.5. The van der Waals surface area contributed by atoms with Crippen molar-refractivity contribution in [1.29, 1.82) is 0 Å². The van der Waals surface area contributed by atoms with Gasteiger partial charge in [0, 0.05) is 23.9 Å². The Hall–Kier alpha value is -1.86. The van der Waals surface area contributed by atoms with Gasteiger partial charge in [0.05, 0.1) is 13.7 Å². The van der Waals surface area contributed by atoms with Gasteiger partial charge in [-0.3, -0.25) is 4.98 Å². The third-order valence-corrected chi connectivity index (χ3v) is 1.47. The molecular weight excluding hydrogens is 182 g/mol. The van der Waals surface area contributed by atoms with Crippen LogP contribution in [0, 0.1) is 11.8 Å². The van der Waals surface area contributed by atoms with E-state index in [-0.39, 0.29) is 6.61 Å². The zero-order valence-electron chi connectivity index (χ0n) is 7.65. The van der Waals surface area contributed by atoms with Crippen LogP contribution in [-0.4, -0.2) is 23.2 Å². The van der Waals surface area contributed by atoms with E-state index in [1.807, 2.05) is 0 Å². The molecule has 1 N–H and O–H groups in total. The molecule has 0 bridgehead atoms. The van der Waals surface area contributed by atoms with Crippen LogP contribution in [0.25, 0.3) is 0 Å². The van der Waals surface area contributed by atoms with Crippen LogP contribution in [0.15, 0.2) is 18.5 Å². The molecule has 0 atom stereocenters. The Balaban J connectivity index is 2.84. The number of aliphatic hydroxyl groups is 1. The Kier molecular flexibility index (Phi) is 3.65. The van der Waals surface area contributed by atoms with E-state index in [4.69, 9.17) is 5.11 Å². The lowest BCUT2D eigenvalue weighted by Crippen LogP contribution is -1.94. The molecule has 4 nitrogen and oxygen atoms in total. The second-order valence-electron chi connectivity index (χ2n) is 2.48. The van der Waals surface area contributed by atoms with Gasteiger partial charge in [-0.2, -0.15) is 0 Å². The summed E-state index contributed by atoms with van der Waals surface area (Å²) in [5.74, 6) is 4.24. The van der Waals surface area contributed by atoms with Crippen molar-refractivity contribution in [2.24, 2.45) is 0 Å². The average molecular weight is 191 g/mol. The van der Waals surface area contributed by atoms with E-state index in [2.05, 4.69) is 21.6 Å². The van der Waals surface area contributed by atoms with Crippen LogP contribution in [0.2, 0.25) is 0 Å². The number of carbonyl (C=O) groups excluding carboxylic acids is 1. The Labute approximate surface area is 81.5 Å². The van der Waals surface area contributed by atoms with Crippen LogP contribution in [0.3, 0.4) is 0 Å². The van der Waals surface area contributed by atoms with E-state index in [1.54, 1.807) is 6.07 Å². The summed E-state index contributed by atoms with van der Waals surface area (Å²) in [5.41, 5.74) is 1.23. The van der Waals surface area contributed by atoms with E-state index in [0.717, 1.165) is 0 Å². The van der Waals surface area contributed by atoms with Crippen molar-refractivity contribution < 1.29 is 14.6 Å². The number of aliphatic hydroxyl groups excluding tert-OH is 1. The molecule has 0 saturated carbocycles. The van der Waals surface area contributed by atoms with E-state index in [0.29, 0.717) is 11.1 Å². The monoisotopic (exact) mass is 191 g/mol. The molecule has 0 fully saturated rings. The maximum atomic E-state index is 10.7. The minimum atomic E-state index is -0.598. The molecule has 0 radical (unpaired) electrons. The predicted molar refractivity (Wildman–Crippen MR) is 49.1 cm³/mol. The van der Waals surface area contributed by atoms with Crippen LogP contribution < -0.4 is 0 Å². The predicted octanol–water partition coefficient (Wildman–Crippen LogP) is 0.0984. The molecule has 0 amide bonds. The smallest absolute Gasteiger partial charge is 0.384 e. The van der Waals surface area contributed by atoms with Crippen molar-refractivity contribution in [3.8, 4) is 11.8 Å². The molecule has 1 heterocycles. The van der Waals surface area contributed by atoms with Gasteiger partial charge in [0.1, 0.15) is 0 Å². The number of methoxy groups -OCH3 is 1. The van der Waals surface area contributed by atoms with Crippen LogP contribution in [0.1, 0.15) is 11.1 Å². The molecule has 1 rings (SSSR count). The van der Waals surface area contributed by atoms with Crippen molar-refractivity contribution in [2.75, 3.05) is 7.11 Å². The largest absolute Gasteiger partial charge is 0.459 e. The molecule has 0 spiro atoms. The first-order chi connectivity index (χ1) is 6.76. The number of aromatic nitrogens is 1. The molecule has 0 unspecified atom stereocenters. The highest BCUT2D eigenvalue weighted by Gasteiger charge is 1.93. The summed E-state index contributed by atoms with van der Waals surface area (Å²) in [6.07, 6.45) is 3.04. The number of esters is 1. The number of nitrogens with zero attached hydrogens (tertiary/aromatic N) is 1. The quantitative estimate of drug-likeness (QED) is 0.505. The summed E-state index contributed by atoms with van der Waals surface area (Å²) >= 11 is 0. The van der Waals surface area contributed by atoms with Crippen molar-refractivity contribution in [2.45, 2.75) is 6.61 Å². The zero-order chi connectivity index (χ0) is 10.4. The summed E-state index contributed by atoms with van der Waals surface area (Å²) in [6.45, 7) is -0.0965. The van der Waals surface area contributed by atoms with E-state index < -0.39 is 5.97 Å². The minimum Gasteiger partial charge on any atom is -0.459 e. The van der Waals surface area contributed by atoms with Crippen molar-refractivity contribution >= 4 is 5.97 Å².